The summed E-state index contributed by atoms with van der Waals surface area (Å²) in [5.41, 5.74) is 0.570. The third kappa shape index (κ3) is 9.91. The number of nitrogens with one attached hydrogen (secondary N) is 4. The Morgan fingerprint density at radius 3 is 2.19 bits per heavy atom. The van der Waals surface area contributed by atoms with Gasteiger partial charge in [-0.1, -0.05) is 12.1 Å². The number of carbonyl (C=O) groups excluding carboxylic acids is 1. The van der Waals surface area contributed by atoms with Crippen LogP contribution in [0.5, 0.6) is 0 Å². The van der Waals surface area contributed by atoms with E-state index in [4.69, 9.17) is 0 Å². The van der Waals surface area contributed by atoms with E-state index < -0.39 is 10.0 Å². The van der Waals surface area contributed by atoms with Crippen LogP contribution in [-0.4, -0.2) is 46.0 Å². The Hall–Kier alpha value is -1.40. The summed E-state index contributed by atoms with van der Waals surface area (Å²) in [6.45, 7) is 8.82. The molecule has 0 radical (unpaired) electrons. The minimum Gasteiger partial charge on any atom is -0.357 e. The van der Waals surface area contributed by atoms with Crippen LogP contribution >= 0.6 is 24.0 Å². The molecule has 0 spiro atoms. The number of carbonyl (C=O) groups is 1. The molecule has 0 fully saturated rings. The van der Waals surface area contributed by atoms with Crippen LogP contribution in [0.15, 0.2) is 34.2 Å². The predicted octanol–water partition coefficient (Wildman–Crippen LogP) is 1.18. The molecule has 0 saturated heterocycles. The Bertz CT molecular complexity index is 728. The van der Waals surface area contributed by atoms with Crippen molar-refractivity contribution in [2.75, 3.05) is 20.1 Å². The number of amides is 1. The number of halogens is 1. The molecule has 0 saturated carbocycles. The molecule has 8 nitrogen and oxygen atoms in total. The largest absolute Gasteiger partial charge is 0.357 e. The number of benzene rings is 1. The Morgan fingerprint density at radius 2 is 1.70 bits per heavy atom. The van der Waals surface area contributed by atoms with Crippen LogP contribution in [0.2, 0.25) is 0 Å². The van der Waals surface area contributed by atoms with Gasteiger partial charge in [-0.2, -0.15) is 0 Å². The van der Waals surface area contributed by atoms with Gasteiger partial charge < -0.3 is 16.0 Å². The van der Waals surface area contributed by atoms with E-state index >= 15 is 0 Å². The van der Waals surface area contributed by atoms with Crippen LogP contribution in [0, 0.1) is 0 Å². The number of hydrogen-bond acceptors (Lipinski definition) is 4. The third-order valence-corrected chi connectivity index (χ3v) is 4.63. The van der Waals surface area contributed by atoms with Gasteiger partial charge in [0.1, 0.15) is 0 Å². The van der Waals surface area contributed by atoms with Gasteiger partial charge in [0, 0.05) is 12.1 Å². The summed E-state index contributed by atoms with van der Waals surface area (Å²) in [6.07, 6.45) is 0. The van der Waals surface area contributed by atoms with E-state index in [1.807, 2.05) is 27.7 Å². The van der Waals surface area contributed by atoms with Gasteiger partial charge in [0.25, 0.3) is 0 Å². The molecule has 0 aliphatic heterocycles. The maximum absolute atomic E-state index is 11.9. The predicted molar refractivity (Wildman–Crippen MR) is 119 cm³/mol. The first-order chi connectivity index (χ1) is 12.1. The molecule has 0 aliphatic rings. The average molecular weight is 511 g/mol. The van der Waals surface area contributed by atoms with Crippen molar-refractivity contribution >= 4 is 45.9 Å². The number of guanidine groups is 1. The van der Waals surface area contributed by atoms with Crippen LogP contribution in [0.3, 0.4) is 0 Å². The molecule has 0 unspecified atom stereocenters. The SMILES string of the molecule is CCNC(=NCc1ccc(S(=O)(=O)NC)cc1)NCC(=O)NC(C)(C)C.I. The van der Waals surface area contributed by atoms with E-state index in [0.29, 0.717) is 19.0 Å². The van der Waals surface area contributed by atoms with Crippen molar-refractivity contribution in [3.05, 3.63) is 29.8 Å². The van der Waals surface area contributed by atoms with Gasteiger partial charge in [0.05, 0.1) is 18.0 Å². The molecular weight excluding hydrogens is 481 g/mol. The van der Waals surface area contributed by atoms with E-state index in [0.717, 1.165) is 5.56 Å². The normalized spacial score (nSPS) is 12.1. The van der Waals surface area contributed by atoms with Gasteiger partial charge in [-0.05, 0) is 52.4 Å². The average Bonchev–Trinajstić information content (AvgIpc) is 2.56. The minimum absolute atomic E-state index is 0. The van der Waals surface area contributed by atoms with Crippen molar-refractivity contribution < 1.29 is 13.2 Å². The van der Waals surface area contributed by atoms with Crippen LogP contribution in [0.25, 0.3) is 0 Å². The first-order valence-corrected chi connectivity index (χ1v) is 9.91. The van der Waals surface area contributed by atoms with Crippen molar-refractivity contribution in [1.29, 1.82) is 0 Å². The Morgan fingerprint density at radius 1 is 1.11 bits per heavy atom. The van der Waals surface area contributed by atoms with Gasteiger partial charge in [-0.15, -0.1) is 24.0 Å². The van der Waals surface area contributed by atoms with Crippen LogP contribution in [0.1, 0.15) is 33.3 Å². The first-order valence-electron chi connectivity index (χ1n) is 8.43. The molecule has 27 heavy (non-hydrogen) atoms. The number of aliphatic imine (C=N–C) groups is 1. The second kappa shape index (κ2) is 11.4. The molecular formula is C17H30IN5O3S. The smallest absolute Gasteiger partial charge is 0.240 e. The van der Waals surface area contributed by atoms with Gasteiger partial charge in [0.2, 0.25) is 15.9 Å². The Kier molecular flexibility index (Phi) is 10.9. The molecule has 0 aromatic heterocycles. The molecule has 1 rings (SSSR count). The summed E-state index contributed by atoms with van der Waals surface area (Å²) < 4.78 is 25.7. The lowest BCUT2D eigenvalue weighted by Crippen LogP contribution is -2.48. The number of rotatable bonds is 7. The topological polar surface area (TPSA) is 112 Å². The highest BCUT2D eigenvalue weighted by Crippen LogP contribution is 2.10. The second-order valence-corrected chi connectivity index (χ2v) is 8.58. The fraction of sp³-hybridized carbons (Fsp3) is 0.529. The fourth-order valence-corrected chi connectivity index (χ4v) is 2.76. The van der Waals surface area contributed by atoms with E-state index in [2.05, 4.69) is 25.7 Å². The molecule has 0 heterocycles. The maximum Gasteiger partial charge on any atom is 0.240 e. The lowest BCUT2D eigenvalue weighted by Gasteiger charge is -2.21. The van der Waals surface area contributed by atoms with Crippen molar-refractivity contribution in [3.63, 3.8) is 0 Å². The second-order valence-electron chi connectivity index (χ2n) is 6.70. The zero-order chi connectivity index (χ0) is 19.8. The molecule has 1 aromatic carbocycles. The highest BCUT2D eigenvalue weighted by atomic mass is 127. The number of hydrogen-bond donors (Lipinski definition) is 4. The summed E-state index contributed by atoms with van der Waals surface area (Å²) >= 11 is 0. The maximum atomic E-state index is 11.9. The summed E-state index contributed by atoms with van der Waals surface area (Å²) in [4.78, 5) is 16.5. The molecule has 0 atom stereocenters. The van der Waals surface area contributed by atoms with Crippen LogP contribution in [0.4, 0.5) is 0 Å². The van der Waals surface area contributed by atoms with E-state index in [9.17, 15) is 13.2 Å². The van der Waals surface area contributed by atoms with Crippen molar-refractivity contribution in [2.45, 2.75) is 44.7 Å². The molecule has 1 amide bonds. The van der Waals surface area contributed by atoms with Gasteiger partial charge in [-0.3, -0.25) is 4.79 Å². The Balaban J connectivity index is 0.00000676. The molecule has 10 heteroatoms. The zero-order valence-corrected chi connectivity index (χ0v) is 19.6. The van der Waals surface area contributed by atoms with E-state index in [1.54, 1.807) is 12.1 Å². The number of nitrogens with zero attached hydrogens (tertiary/aromatic N) is 1. The minimum atomic E-state index is -3.44. The third-order valence-electron chi connectivity index (χ3n) is 3.20. The highest BCUT2D eigenvalue weighted by Gasteiger charge is 2.14. The monoisotopic (exact) mass is 511 g/mol. The van der Waals surface area contributed by atoms with Crippen molar-refractivity contribution in [2.24, 2.45) is 4.99 Å². The van der Waals surface area contributed by atoms with Crippen molar-refractivity contribution in [1.82, 2.24) is 20.7 Å². The van der Waals surface area contributed by atoms with Gasteiger partial charge in [0.15, 0.2) is 5.96 Å². The zero-order valence-electron chi connectivity index (χ0n) is 16.4. The van der Waals surface area contributed by atoms with Crippen LogP contribution in [-0.2, 0) is 21.4 Å². The summed E-state index contributed by atoms with van der Waals surface area (Å²) in [5.74, 6) is 0.396. The van der Waals surface area contributed by atoms with Gasteiger partial charge >= 0.3 is 0 Å². The molecule has 0 bridgehead atoms. The van der Waals surface area contributed by atoms with E-state index in [-0.39, 0.29) is 46.9 Å². The Labute approximate surface area is 179 Å². The number of sulfonamides is 1. The summed E-state index contributed by atoms with van der Waals surface area (Å²) in [7, 11) is -2.07. The van der Waals surface area contributed by atoms with Crippen LogP contribution < -0.4 is 20.7 Å². The molecule has 154 valence electrons. The summed E-state index contributed by atoms with van der Waals surface area (Å²) in [5, 5.41) is 8.92. The van der Waals surface area contributed by atoms with Gasteiger partial charge in [-0.25, -0.2) is 18.1 Å². The highest BCUT2D eigenvalue weighted by molar-refractivity contribution is 14.0. The molecule has 1 aromatic rings. The standard InChI is InChI=1S/C17H29N5O3S.HI/c1-6-19-16(21-12-15(23)22-17(2,3)4)20-11-13-7-9-14(10-8-13)26(24,25)18-5;/h7-10,18H,6,11-12H2,1-5H3,(H,22,23)(H2,19,20,21);1H. The quantitative estimate of drug-likeness (QED) is 0.250. The molecule has 4 N–H and O–H groups in total. The first kappa shape index (κ1) is 25.6. The van der Waals surface area contributed by atoms with Crippen molar-refractivity contribution in [3.8, 4) is 0 Å². The van der Waals surface area contributed by atoms with E-state index in [1.165, 1.54) is 19.2 Å². The lowest BCUT2D eigenvalue weighted by atomic mass is 10.1. The fourth-order valence-electron chi connectivity index (χ4n) is 2.03. The lowest BCUT2D eigenvalue weighted by molar-refractivity contribution is -0.121. The molecule has 0 aliphatic carbocycles. The summed E-state index contributed by atoms with van der Waals surface area (Å²) in [6, 6.07) is 6.49.